The first-order valence-corrected chi connectivity index (χ1v) is 6.25. The lowest BCUT2D eigenvalue weighted by atomic mass is 10.0. The monoisotopic (exact) mass is 260 g/mol. The Bertz CT molecular complexity index is 703. The number of carbonyl (C=O) groups is 1. The van der Waals surface area contributed by atoms with E-state index in [1.54, 1.807) is 36.4 Å². The van der Waals surface area contributed by atoms with E-state index in [4.69, 9.17) is 10.5 Å². The van der Waals surface area contributed by atoms with Gasteiger partial charge in [-0.1, -0.05) is 24.3 Å². The van der Waals surface area contributed by atoms with E-state index in [-0.39, 0.29) is 5.78 Å². The van der Waals surface area contributed by atoms with Crippen molar-refractivity contribution >= 4 is 5.78 Å². The highest BCUT2D eigenvalue weighted by Crippen LogP contribution is 2.11. The third-order valence-corrected chi connectivity index (χ3v) is 3.04. The first-order valence-electron chi connectivity index (χ1n) is 6.25. The highest BCUT2D eigenvalue weighted by atomic mass is 16.1. The van der Waals surface area contributed by atoms with Crippen LogP contribution in [0, 0.1) is 22.7 Å². The summed E-state index contributed by atoms with van der Waals surface area (Å²) in [7, 11) is 0. The van der Waals surface area contributed by atoms with Gasteiger partial charge < -0.3 is 0 Å². The number of aryl methyl sites for hydroxylation is 1. The van der Waals surface area contributed by atoms with Crippen LogP contribution in [0.3, 0.4) is 0 Å². The van der Waals surface area contributed by atoms with Crippen LogP contribution in [-0.2, 0) is 6.42 Å². The van der Waals surface area contributed by atoms with E-state index < -0.39 is 0 Å². The van der Waals surface area contributed by atoms with Crippen molar-refractivity contribution in [3.05, 3.63) is 70.8 Å². The zero-order chi connectivity index (χ0) is 14.4. The molecule has 2 aromatic rings. The normalized spacial score (nSPS) is 9.50. The van der Waals surface area contributed by atoms with E-state index in [1.807, 2.05) is 18.2 Å². The number of nitriles is 2. The van der Waals surface area contributed by atoms with Gasteiger partial charge in [0.25, 0.3) is 0 Å². The van der Waals surface area contributed by atoms with Gasteiger partial charge in [-0.25, -0.2) is 0 Å². The maximum Gasteiger partial charge on any atom is 0.163 e. The number of nitrogens with zero attached hydrogens (tertiary/aromatic N) is 2. The van der Waals surface area contributed by atoms with Crippen LogP contribution >= 0.6 is 0 Å². The van der Waals surface area contributed by atoms with Crippen molar-refractivity contribution in [2.75, 3.05) is 0 Å². The van der Waals surface area contributed by atoms with Crippen LogP contribution in [0.4, 0.5) is 0 Å². The fourth-order valence-corrected chi connectivity index (χ4v) is 1.91. The average Bonchev–Trinajstić information content (AvgIpc) is 2.53. The predicted molar refractivity (Wildman–Crippen MR) is 75.0 cm³/mol. The molecule has 0 radical (unpaired) electrons. The molecule has 0 aliphatic carbocycles. The van der Waals surface area contributed by atoms with Crippen molar-refractivity contribution in [3.8, 4) is 12.1 Å². The third-order valence-electron chi connectivity index (χ3n) is 3.04. The van der Waals surface area contributed by atoms with Gasteiger partial charge in [-0.2, -0.15) is 10.5 Å². The van der Waals surface area contributed by atoms with Crippen molar-refractivity contribution in [1.29, 1.82) is 10.5 Å². The molecule has 0 saturated heterocycles. The van der Waals surface area contributed by atoms with E-state index in [1.165, 1.54) is 0 Å². The fraction of sp³-hybridized carbons (Fsp3) is 0.118. The SMILES string of the molecule is N#Cc1ccc(CCC(=O)c2cccc(C#N)c2)cc1. The van der Waals surface area contributed by atoms with Crippen LogP contribution in [0.5, 0.6) is 0 Å². The zero-order valence-electron chi connectivity index (χ0n) is 10.8. The number of benzene rings is 2. The van der Waals surface area contributed by atoms with Crippen molar-refractivity contribution in [1.82, 2.24) is 0 Å². The lowest BCUT2D eigenvalue weighted by molar-refractivity contribution is 0.0983. The Balaban J connectivity index is 2.01. The summed E-state index contributed by atoms with van der Waals surface area (Å²) in [6.45, 7) is 0. The predicted octanol–water partition coefficient (Wildman–Crippen LogP) is 3.25. The van der Waals surface area contributed by atoms with Crippen LogP contribution in [0.1, 0.15) is 33.5 Å². The van der Waals surface area contributed by atoms with Crippen molar-refractivity contribution in [3.63, 3.8) is 0 Å². The lowest BCUT2D eigenvalue weighted by Crippen LogP contribution is -2.01. The lowest BCUT2D eigenvalue weighted by Gasteiger charge is -2.02. The maximum atomic E-state index is 12.0. The van der Waals surface area contributed by atoms with Gasteiger partial charge in [0.2, 0.25) is 0 Å². The topological polar surface area (TPSA) is 64.7 Å². The van der Waals surface area contributed by atoms with Crippen LogP contribution in [0.15, 0.2) is 48.5 Å². The summed E-state index contributed by atoms with van der Waals surface area (Å²) in [6.07, 6.45) is 1.02. The molecule has 3 heteroatoms. The molecule has 0 unspecified atom stereocenters. The van der Waals surface area contributed by atoms with Crippen molar-refractivity contribution < 1.29 is 4.79 Å². The van der Waals surface area contributed by atoms with Crippen LogP contribution < -0.4 is 0 Å². The largest absolute Gasteiger partial charge is 0.294 e. The van der Waals surface area contributed by atoms with Gasteiger partial charge >= 0.3 is 0 Å². The van der Waals surface area contributed by atoms with Gasteiger partial charge in [-0.05, 0) is 36.2 Å². The quantitative estimate of drug-likeness (QED) is 0.792. The minimum Gasteiger partial charge on any atom is -0.294 e. The second kappa shape index (κ2) is 6.31. The Kier molecular flexibility index (Phi) is 4.27. The Labute approximate surface area is 117 Å². The van der Waals surface area contributed by atoms with E-state index in [0.29, 0.717) is 29.5 Å². The maximum absolute atomic E-state index is 12.0. The second-order valence-corrected chi connectivity index (χ2v) is 4.42. The van der Waals surface area contributed by atoms with Gasteiger partial charge in [0.15, 0.2) is 5.78 Å². The fourth-order valence-electron chi connectivity index (χ4n) is 1.91. The van der Waals surface area contributed by atoms with Crippen LogP contribution in [-0.4, -0.2) is 5.78 Å². The number of Topliss-reactive ketones (excluding diaryl/α,β-unsaturated/α-hetero) is 1. The Hall–Kier alpha value is -2.91. The second-order valence-electron chi connectivity index (χ2n) is 4.42. The molecule has 0 amide bonds. The standard InChI is InChI=1S/C17H12N2O/c18-11-14-6-4-13(5-7-14)8-9-17(20)16-3-1-2-15(10-16)12-19/h1-7,10H,8-9H2. The molecule has 0 bridgehead atoms. The number of ketones is 1. The van der Waals surface area contributed by atoms with Crippen molar-refractivity contribution in [2.45, 2.75) is 12.8 Å². The summed E-state index contributed by atoms with van der Waals surface area (Å²) in [4.78, 5) is 12.0. The Morgan fingerprint density at radius 1 is 0.950 bits per heavy atom. The van der Waals surface area contributed by atoms with Gasteiger partial charge in [0.05, 0.1) is 23.3 Å². The molecule has 2 aromatic carbocycles. The van der Waals surface area contributed by atoms with E-state index in [9.17, 15) is 4.79 Å². The summed E-state index contributed by atoms with van der Waals surface area (Å²) in [5, 5.41) is 17.5. The van der Waals surface area contributed by atoms with Gasteiger partial charge in [0.1, 0.15) is 0 Å². The highest BCUT2D eigenvalue weighted by Gasteiger charge is 2.07. The molecule has 0 aliphatic rings. The summed E-state index contributed by atoms with van der Waals surface area (Å²) >= 11 is 0. The molecule has 0 fully saturated rings. The Morgan fingerprint density at radius 3 is 2.30 bits per heavy atom. The molecule has 96 valence electrons. The van der Waals surface area contributed by atoms with Gasteiger partial charge in [-0.15, -0.1) is 0 Å². The van der Waals surface area contributed by atoms with Crippen LogP contribution in [0.2, 0.25) is 0 Å². The summed E-state index contributed by atoms with van der Waals surface area (Å²) in [5.41, 5.74) is 2.70. The minimum absolute atomic E-state index is 0.0199. The first kappa shape index (κ1) is 13.5. The van der Waals surface area contributed by atoms with E-state index >= 15 is 0 Å². The van der Waals surface area contributed by atoms with Gasteiger partial charge in [-0.3, -0.25) is 4.79 Å². The van der Waals surface area contributed by atoms with E-state index in [2.05, 4.69) is 6.07 Å². The molecule has 0 saturated carbocycles. The first-order chi connectivity index (χ1) is 9.72. The Morgan fingerprint density at radius 2 is 1.65 bits per heavy atom. The third kappa shape index (κ3) is 3.31. The summed E-state index contributed by atoms with van der Waals surface area (Å²) in [5.74, 6) is 0.0199. The zero-order valence-corrected chi connectivity index (χ0v) is 10.8. The van der Waals surface area contributed by atoms with E-state index in [0.717, 1.165) is 5.56 Å². The van der Waals surface area contributed by atoms with Gasteiger partial charge in [0, 0.05) is 12.0 Å². The van der Waals surface area contributed by atoms with Crippen LogP contribution in [0.25, 0.3) is 0 Å². The molecule has 0 aliphatic heterocycles. The highest BCUT2D eigenvalue weighted by molar-refractivity contribution is 5.96. The molecular formula is C17H12N2O. The molecule has 0 heterocycles. The molecule has 0 aromatic heterocycles. The average molecular weight is 260 g/mol. The number of hydrogen-bond donors (Lipinski definition) is 0. The molecular weight excluding hydrogens is 248 g/mol. The molecule has 0 N–H and O–H groups in total. The number of rotatable bonds is 4. The molecule has 0 spiro atoms. The summed E-state index contributed by atoms with van der Waals surface area (Å²) < 4.78 is 0. The molecule has 0 atom stereocenters. The minimum atomic E-state index is 0.0199. The molecule has 3 nitrogen and oxygen atoms in total. The number of hydrogen-bond acceptors (Lipinski definition) is 3. The smallest absolute Gasteiger partial charge is 0.163 e. The van der Waals surface area contributed by atoms with Crippen molar-refractivity contribution in [2.24, 2.45) is 0 Å². The molecule has 20 heavy (non-hydrogen) atoms. The number of carbonyl (C=O) groups excluding carboxylic acids is 1. The molecule has 2 rings (SSSR count). The summed E-state index contributed by atoms with van der Waals surface area (Å²) in [6, 6.07) is 18.0.